The fraction of sp³-hybridized carbons (Fsp3) is 0.364. The third-order valence-corrected chi connectivity index (χ3v) is 6.02. The van der Waals surface area contributed by atoms with Crippen molar-refractivity contribution in [3.63, 3.8) is 0 Å². The van der Waals surface area contributed by atoms with Gasteiger partial charge in [0.15, 0.2) is 5.16 Å². The van der Waals surface area contributed by atoms with Gasteiger partial charge in [-0.1, -0.05) is 29.5 Å². The van der Waals surface area contributed by atoms with Crippen LogP contribution >= 0.6 is 11.8 Å². The third kappa shape index (κ3) is 4.05. The number of nitrogens with zero attached hydrogens (tertiary/aromatic N) is 3. The van der Waals surface area contributed by atoms with Crippen molar-refractivity contribution in [2.24, 2.45) is 0 Å². The summed E-state index contributed by atoms with van der Waals surface area (Å²) in [6.45, 7) is 7.84. The van der Waals surface area contributed by atoms with E-state index in [4.69, 9.17) is 0 Å². The number of hydrogen-bond acceptors (Lipinski definition) is 5. The summed E-state index contributed by atoms with van der Waals surface area (Å²) in [5.74, 6) is 0.0648. The van der Waals surface area contributed by atoms with Crippen molar-refractivity contribution in [1.82, 2.24) is 14.5 Å². The van der Waals surface area contributed by atoms with E-state index in [-0.39, 0.29) is 17.2 Å². The molecule has 29 heavy (non-hydrogen) atoms. The van der Waals surface area contributed by atoms with Crippen LogP contribution in [0.2, 0.25) is 0 Å². The number of amides is 1. The van der Waals surface area contributed by atoms with E-state index in [1.807, 2.05) is 56.5 Å². The second-order valence-electron chi connectivity index (χ2n) is 7.74. The monoisotopic (exact) mass is 408 g/mol. The number of aryl methyl sites for hydroxylation is 4. The second-order valence-corrected chi connectivity index (χ2v) is 8.68. The highest BCUT2D eigenvalue weighted by molar-refractivity contribution is 7.99. The highest BCUT2D eigenvalue weighted by Crippen LogP contribution is 2.39. The highest BCUT2D eigenvalue weighted by Gasteiger charge is 2.29. The molecule has 0 unspecified atom stereocenters. The molecule has 1 aliphatic carbocycles. The average Bonchev–Trinajstić information content (AvgIpc) is 3.46. The number of carbonyl (C=O) groups is 1. The van der Waals surface area contributed by atoms with Gasteiger partial charge in [0.05, 0.1) is 11.1 Å². The van der Waals surface area contributed by atoms with Gasteiger partial charge in [-0.25, -0.2) is 4.98 Å². The first-order chi connectivity index (χ1) is 13.8. The number of thioether (sulfide) groups is 1. The van der Waals surface area contributed by atoms with Crippen LogP contribution in [0.25, 0.3) is 11.0 Å². The number of nitrogens with one attached hydrogen (secondary N) is 1. The van der Waals surface area contributed by atoms with Crippen LogP contribution in [0, 0.1) is 27.7 Å². The van der Waals surface area contributed by atoms with Crippen LogP contribution in [0.15, 0.2) is 34.2 Å². The summed E-state index contributed by atoms with van der Waals surface area (Å²) < 4.78 is 2.05. The summed E-state index contributed by atoms with van der Waals surface area (Å²) >= 11 is 1.29. The van der Waals surface area contributed by atoms with Crippen LogP contribution in [-0.4, -0.2) is 26.2 Å². The minimum atomic E-state index is -0.279. The molecule has 0 radical (unpaired) electrons. The van der Waals surface area contributed by atoms with E-state index in [1.54, 1.807) is 0 Å². The Hall–Kier alpha value is -2.67. The zero-order chi connectivity index (χ0) is 20.7. The van der Waals surface area contributed by atoms with Gasteiger partial charge < -0.3 is 9.88 Å². The molecule has 0 atom stereocenters. The molecule has 2 heterocycles. The number of pyridine rings is 1. The van der Waals surface area contributed by atoms with Gasteiger partial charge in [-0.2, -0.15) is 4.98 Å². The van der Waals surface area contributed by atoms with Gasteiger partial charge in [0.25, 0.3) is 5.56 Å². The SMILES string of the molecule is Cc1ccc(NC(=O)CSc2nc(=O)c3c(C)cc(C)nc3n2C2CC2)c(C)c1. The maximum Gasteiger partial charge on any atom is 0.283 e. The summed E-state index contributed by atoms with van der Waals surface area (Å²) in [4.78, 5) is 34.1. The smallest absolute Gasteiger partial charge is 0.283 e. The van der Waals surface area contributed by atoms with Crippen LogP contribution in [0.4, 0.5) is 5.69 Å². The number of hydrogen-bond donors (Lipinski definition) is 1. The lowest BCUT2D eigenvalue weighted by atomic mass is 10.1. The first kappa shape index (κ1) is 19.6. The van der Waals surface area contributed by atoms with E-state index in [1.165, 1.54) is 11.8 Å². The van der Waals surface area contributed by atoms with Gasteiger partial charge in [-0.15, -0.1) is 0 Å². The van der Waals surface area contributed by atoms with E-state index in [2.05, 4.69) is 15.3 Å². The maximum absolute atomic E-state index is 12.7. The Bertz CT molecular complexity index is 1180. The Morgan fingerprint density at radius 1 is 1.14 bits per heavy atom. The summed E-state index contributed by atoms with van der Waals surface area (Å²) in [6.07, 6.45) is 2.08. The molecule has 1 aromatic carbocycles. The molecule has 1 fully saturated rings. The second kappa shape index (κ2) is 7.63. The zero-order valence-electron chi connectivity index (χ0n) is 17.1. The Labute approximate surface area is 173 Å². The van der Waals surface area contributed by atoms with Crippen LogP contribution in [0.3, 0.4) is 0 Å². The lowest BCUT2D eigenvalue weighted by molar-refractivity contribution is -0.113. The van der Waals surface area contributed by atoms with Gasteiger partial charge in [-0.05, 0) is 63.8 Å². The predicted octanol–water partition coefficient (Wildman–Crippen LogP) is 4.09. The van der Waals surface area contributed by atoms with Crippen molar-refractivity contribution < 1.29 is 4.79 Å². The number of rotatable bonds is 5. The Kier molecular flexibility index (Phi) is 5.17. The van der Waals surface area contributed by atoms with Gasteiger partial charge in [0, 0.05) is 17.4 Å². The normalized spacial score (nSPS) is 13.7. The van der Waals surface area contributed by atoms with Crippen LogP contribution < -0.4 is 10.9 Å². The molecule has 1 saturated carbocycles. The van der Waals surface area contributed by atoms with E-state index < -0.39 is 0 Å². The minimum Gasteiger partial charge on any atom is -0.325 e. The number of aromatic nitrogens is 3. The molecule has 1 aliphatic rings. The number of benzene rings is 1. The van der Waals surface area contributed by atoms with Crippen molar-refractivity contribution in [2.45, 2.75) is 51.7 Å². The summed E-state index contributed by atoms with van der Waals surface area (Å²) in [7, 11) is 0. The largest absolute Gasteiger partial charge is 0.325 e. The summed E-state index contributed by atoms with van der Waals surface area (Å²) in [6, 6.07) is 8.13. The minimum absolute atomic E-state index is 0.118. The van der Waals surface area contributed by atoms with Gasteiger partial charge in [-0.3, -0.25) is 9.59 Å². The fourth-order valence-electron chi connectivity index (χ4n) is 3.58. The van der Waals surface area contributed by atoms with Crippen molar-refractivity contribution in [2.75, 3.05) is 11.1 Å². The lowest BCUT2D eigenvalue weighted by Crippen LogP contribution is -2.20. The zero-order valence-corrected chi connectivity index (χ0v) is 17.9. The Morgan fingerprint density at radius 3 is 2.59 bits per heavy atom. The van der Waals surface area contributed by atoms with Gasteiger partial charge in [0.1, 0.15) is 5.65 Å². The quantitative estimate of drug-likeness (QED) is 0.508. The molecule has 2 aromatic heterocycles. The van der Waals surface area contributed by atoms with E-state index in [9.17, 15) is 9.59 Å². The number of anilines is 1. The first-order valence-electron chi connectivity index (χ1n) is 9.74. The molecule has 0 aliphatic heterocycles. The van der Waals surface area contributed by atoms with Crippen molar-refractivity contribution >= 4 is 34.4 Å². The Balaban J connectivity index is 1.62. The first-order valence-corrected chi connectivity index (χ1v) is 10.7. The third-order valence-electron chi connectivity index (χ3n) is 5.07. The van der Waals surface area contributed by atoms with Crippen molar-refractivity contribution in [3.8, 4) is 0 Å². The molecule has 0 spiro atoms. The molecule has 1 N–H and O–H groups in total. The fourth-order valence-corrected chi connectivity index (χ4v) is 4.43. The van der Waals surface area contributed by atoms with E-state index >= 15 is 0 Å². The molecule has 6 nitrogen and oxygen atoms in total. The van der Waals surface area contributed by atoms with Crippen molar-refractivity contribution in [1.29, 1.82) is 0 Å². The molecular weight excluding hydrogens is 384 g/mol. The van der Waals surface area contributed by atoms with Crippen LogP contribution in [-0.2, 0) is 4.79 Å². The summed E-state index contributed by atoms with van der Waals surface area (Å²) in [5.41, 5.74) is 5.16. The maximum atomic E-state index is 12.7. The molecule has 7 heteroatoms. The van der Waals surface area contributed by atoms with Crippen molar-refractivity contribution in [3.05, 3.63) is 57.0 Å². The molecular formula is C22H24N4O2S. The topological polar surface area (TPSA) is 76.9 Å². The summed E-state index contributed by atoms with van der Waals surface area (Å²) in [5, 5.41) is 4.09. The van der Waals surface area contributed by atoms with Crippen LogP contribution in [0.1, 0.15) is 41.3 Å². The Morgan fingerprint density at radius 2 is 1.90 bits per heavy atom. The number of fused-ring (bicyclic) bond motifs is 1. The predicted molar refractivity (Wildman–Crippen MR) is 117 cm³/mol. The van der Waals surface area contributed by atoms with Gasteiger partial charge in [0.2, 0.25) is 5.91 Å². The lowest BCUT2D eigenvalue weighted by Gasteiger charge is -2.15. The molecule has 150 valence electrons. The molecule has 0 saturated heterocycles. The molecule has 0 bridgehead atoms. The number of carbonyl (C=O) groups excluding carboxylic acids is 1. The van der Waals surface area contributed by atoms with E-state index in [0.29, 0.717) is 22.2 Å². The standard InChI is InChI=1S/C22H24N4O2S/c1-12-5-8-17(13(2)9-12)24-18(27)11-29-22-25-21(28)19-14(3)10-15(4)23-20(19)26(22)16-6-7-16/h5,8-10,16H,6-7,11H2,1-4H3,(H,24,27). The highest BCUT2D eigenvalue weighted by atomic mass is 32.2. The molecule has 3 aromatic rings. The van der Waals surface area contributed by atoms with E-state index in [0.717, 1.165) is 40.9 Å². The molecule has 1 amide bonds. The van der Waals surface area contributed by atoms with Gasteiger partial charge >= 0.3 is 0 Å². The molecule has 4 rings (SSSR count). The average molecular weight is 409 g/mol. The van der Waals surface area contributed by atoms with Crippen LogP contribution in [0.5, 0.6) is 0 Å².